The molecule has 4 nitrogen and oxygen atoms in total. The Morgan fingerprint density at radius 1 is 1.18 bits per heavy atom. The molecule has 22 heavy (non-hydrogen) atoms. The molecule has 0 fully saturated rings. The first-order valence-corrected chi connectivity index (χ1v) is 7.05. The van der Waals surface area contributed by atoms with E-state index in [0.717, 1.165) is 27.7 Å². The zero-order chi connectivity index (χ0) is 15.5. The minimum atomic E-state index is -0.250. The minimum absolute atomic E-state index is 0.147. The van der Waals surface area contributed by atoms with Crippen LogP contribution in [-0.4, -0.2) is 17.4 Å². The van der Waals surface area contributed by atoms with E-state index in [1.54, 1.807) is 0 Å². The number of nitrogens with one attached hydrogen (secondary N) is 2. The van der Waals surface area contributed by atoms with Crippen LogP contribution in [0.4, 0.5) is 5.69 Å². The number of rotatable bonds is 4. The van der Waals surface area contributed by atoms with Gasteiger partial charge in [0, 0.05) is 34.9 Å². The van der Waals surface area contributed by atoms with E-state index in [1.165, 1.54) is 0 Å². The molecule has 0 atom stereocenters. The van der Waals surface area contributed by atoms with Crippen molar-refractivity contribution in [1.29, 1.82) is 0 Å². The predicted molar refractivity (Wildman–Crippen MR) is 90.6 cm³/mol. The lowest BCUT2D eigenvalue weighted by Gasteiger charge is -2.09. The highest BCUT2D eigenvalue weighted by molar-refractivity contribution is 6.04. The fourth-order valence-corrected chi connectivity index (χ4v) is 2.41. The van der Waals surface area contributed by atoms with Crippen LogP contribution < -0.4 is 11.1 Å². The second kappa shape index (κ2) is 5.87. The molecule has 3 rings (SSSR count). The van der Waals surface area contributed by atoms with Crippen molar-refractivity contribution in [2.24, 2.45) is 5.73 Å². The fraction of sp³-hybridized carbons (Fsp3) is 0.0556. The summed E-state index contributed by atoms with van der Waals surface area (Å²) >= 11 is 0. The van der Waals surface area contributed by atoms with Gasteiger partial charge in [-0.25, -0.2) is 0 Å². The molecule has 1 heterocycles. The second-order valence-electron chi connectivity index (χ2n) is 5.09. The number of aromatic nitrogens is 1. The van der Waals surface area contributed by atoms with Crippen molar-refractivity contribution < 1.29 is 4.79 Å². The topological polar surface area (TPSA) is 70.9 Å². The van der Waals surface area contributed by atoms with Gasteiger partial charge >= 0.3 is 0 Å². The summed E-state index contributed by atoms with van der Waals surface area (Å²) in [6.07, 6.45) is 1.92. The van der Waals surface area contributed by atoms with Gasteiger partial charge in [-0.2, -0.15) is 0 Å². The average molecular weight is 291 g/mol. The van der Waals surface area contributed by atoms with E-state index in [9.17, 15) is 4.79 Å². The third-order valence-electron chi connectivity index (χ3n) is 3.59. The maximum atomic E-state index is 11.9. The first-order chi connectivity index (χ1) is 10.7. The third kappa shape index (κ3) is 2.64. The van der Waals surface area contributed by atoms with Crippen LogP contribution in [0.3, 0.4) is 0 Å². The molecule has 0 saturated carbocycles. The Kier molecular flexibility index (Phi) is 3.76. The SMILES string of the molecule is C=C(CN)C(=O)Nc1cccc(-c2cccc3[nH]ccc23)c1. The summed E-state index contributed by atoms with van der Waals surface area (Å²) in [6, 6.07) is 15.9. The van der Waals surface area contributed by atoms with Crippen molar-refractivity contribution >= 4 is 22.5 Å². The van der Waals surface area contributed by atoms with Crippen molar-refractivity contribution in [3.8, 4) is 11.1 Å². The molecule has 0 aliphatic rings. The van der Waals surface area contributed by atoms with E-state index in [2.05, 4.69) is 22.9 Å². The van der Waals surface area contributed by atoms with Crippen LogP contribution in [0.25, 0.3) is 22.0 Å². The first-order valence-electron chi connectivity index (χ1n) is 7.05. The Labute approximate surface area is 128 Å². The van der Waals surface area contributed by atoms with Gasteiger partial charge in [-0.15, -0.1) is 0 Å². The first kappa shape index (κ1) is 14.1. The molecule has 0 aliphatic heterocycles. The Bertz CT molecular complexity index is 848. The summed E-state index contributed by atoms with van der Waals surface area (Å²) in [5.41, 5.74) is 9.77. The summed E-state index contributed by atoms with van der Waals surface area (Å²) in [5, 5.41) is 3.97. The van der Waals surface area contributed by atoms with Crippen LogP contribution in [0.2, 0.25) is 0 Å². The fourth-order valence-electron chi connectivity index (χ4n) is 2.41. The van der Waals surface area contributed by atoms with Crippen molar-refractivity contribution in [1.82, 2.24) is 4.98 Å². The summed E-state index contributed by atoms with van der Waals surface area (Å²) in [4.78, 5) is 15.1. The highest BCUT2D eigenvalue weighted by Gasteiger charge is 2.08. The van der Waals surface area contributed by atoms with E-state index < -0.39 is 0 Å². The van der Waals surface area contributed by atoms with Gasteiger partial charge in [-0.1, -0.05) is 30.8 Å². The van der Waals surface area contributed by atoms with Crippen molar-refractivity contribution in [3.05, 3.63) is 66.9 Å². The van der Waals surface area contributed by atoms with Crippen LogP contribution in [0, 0.1) is 0 Å². The molecule has 0 unspecified atom stereocenters. The Morgan fingerprint density at radius 3 is 2.82 bits per heavy atom. The number of nitrogens with two attached hydrogens (primary N) is 1. The maximum Gasteiger partial charge on any atom is 0.252 e. The van der Waals surface area contributed by atoms with Crippen LogP contribution in [-0.2, 0) is 4.79 Å². The molecule has 0 bridgehead atoms. The number of hydrogen-bond acceptors (Lipinski definition) is 2. The molecule has 4 N–H and O–H groups in total. The summed E-state index contributed by atoms with van der Waals surface area (Å²) < 4.78 is 0. The number of benzene rings is 2. The lowest BCUT2D eigenvalue weighted by molar-refractivity contribution is -0.112. The van der Waals surface area contributed by atoms with Crippen LogP contribution >= 0.6 is 0 Å². The van der Waals surface area contributed by atoms with Crippen molar-refractivity contribution in [3.63, 3.8) is 0 Å². The maximum absolute atomic E-state index is 11.9. The highest BCUT2D eigenvalue weighted by atomic mass is 16.1. The van der Waals surface area contributed by atoms with E-state index in [1.807, 2.05) is 48.7 Å². The third-order valence-corrected chi connectivity index (χ3v) is 3.59. The molecular formula is C18H17N3O. The van der Waals surface area contributed by atoms with Gasteiger partial charge in [0.15, 0.2) is 0 Å². The smallest absolute Gasteiger partial charge is 0.252 e. The highest BCUT2D eigenvalue weighted by Crippen LogP contribution is 2.29. The van der Waals surface area contributed by atoms with Crippen molar-refractivity contribution in [2.75, 3.05) is 11.9 Å². The quantitative estimate of drug-likeness (QED) is 0.645. The summed E-state index contributed by atoms with van der Waals surface area (Å²) in [6.45, 7) is 3.79. The summed E-state index contributed by atoms with van der Waals surface area (Å²) in [7, 11) is 0. The standard InChI is InChI=1S/C18H17N3O/c1-12(11-19)18(22)21-14-5-2-4-13(10-14)15-6-3-7-17-16(15)8-9-20-17/h2-10,20H,1,11,19H2,(H,21,22). The van der Waals surface area contributed by atoms with Crippen LogP contribution in [0.1, 0.15) is 0 Å². The number of fused-ring (bicyclic) bond motifs is 1. The van der Waals surface area contributed by atoms with E-state index in [-0.39, 0.29) is 12.5 Å². The van der Waals surface area contributed by atoms with E-state index >= 15 is 0 Å². The van der Waals surface area contributed by atoms with Gasteiger partial charge in [0.1, 0.15) is 0 Å². The number of aromatic amines is 1. The van der Waals surface area contributed by atoms with Gasteiger partial charge in [-0.05, 0) is 35.4 Å². The lowest BCUT2D eigenvalue weighted by Crippen LogP contribution is -2.19. The normalized spacial score (nSPS) is 10.6. The van der Waals surface area contributed by atoms with Gasteiger partial charge in [0.25, 0.3) is 5.91 Å². The minimum Gasteiger partial charge on any atom is -0.361 e. The number of hydrogen-bond donors (Lipinski definition) is 3. The Hall–Kier alpha value is -2.85. The number of amides is 1. The Balaban J connectivity index is 1.96. The monoisotopic (exact) mass is 291 g/mol. The van der Waals surface area contributed by atoms with Gasteiger partial charge in [0.05, 0.1) is 0 Å². The van der Waals surface area contributed by atoms with Crippen molar-refractivity contribution in [2.45, 2.75) is 0 Å². The van der Waals surface area contributed by atoms with E-state index in [4.69, 9.17) is 5.73 Å². The molecule has 110 valence electrons. The van der Waals surface area contributed by atoms with Crippen LogP contribution in [0.15, 0.2) is 66.9 Å². The molecule has 2 aromatic carbocycles. The van der Waals surface area contributed by atoms with Gasteiger partial charge < -0.3 is 16.0 Å². The largest absolute Gasteiger partial charge is 0.361 e. The number of H-pyrrole nitrogens is 1. The average Bonchev–Trinajstić information content (AvgIpc) is 3.02. The molecular weight excluding hydrogens is 274 g/mol. The number of anilines is 1. The molecule has 0 spiro atoms. The molecule has 1 amide bonds. The number of carbonyl (C=O) groups excluding carboxylic acids is 1. The predicted octanol–water partition coefficient (Wildman–Crippen LogP) is 3.29. The zero-order valence-corrected chi connectivity index (χ0v) is 12.1. The van der Waals surface area contributed by atoms with Crippen LogP contribution in [0.5, 0.6) is 0 Å². The molecule has 0 radical (unpaired) electrons. The zero-order valence-electron chi connectivity index (χ0n) is 12.1. The van der Waals surface area contributed by atoms with Gasteiger partial charge in [0.2, 0.25) is 0 Å². The molecule has 0 aliphatic carbocycles. The second-order valence-corrected chi connectivity index (χ2v) is 5.09. The number of carbonyl (C=O) groups is 1. The van der Waals surface area contributed by atoms with Gasteiger partial charge in [-0.3, -0.25) is 4.79 Å². The molecule has 0 saturated heterocycles. The van der Waals surface area contributed by atoms with E-state index in [0.29, 0.717) is 5.57 Å². The Morgan fingerprint density at radius 2 is 2.00 bits per heavy atom. The lowest BCUT2D eigenvalue weighted by atomic mass is 10.0. The molecule has 4 heteroatoms. The molecule has 3 aromatic rings. The molecule has 1 aromatic heterocycles. The summed E-state index contributed by atoms with van der Waals surface area (Å²) in [5.74, 6) is -0.250.